The normalized spacial score (nSPS) is 12.2. The molecule has 0 bridgehead atoms. The molecular formula is C11H16N2O2. The van der Waals surface area contributed by atoms with E-state index in [4.69, 9.17) is 5.73 Å². The Morgan fingerprint density at radius 3 is 2.80 bits per heavy atom. The second-order valence-electron chi connectivity index (χ2n) is 3.44. The molecule has 0 aliphatic carbocycles. The number of carbonyl (C=O) groups excluding carboxylic acids is 1. The van der Waals surface area contributed by atoms with E-state index in [0.717, 1.165) is 12.1 Å². The molecule has 0 aliphatic rings. The van der Waals surface area contributed by atoms with Crippen LogP contribution in [0.1, 0.15) is 35.3 Å². The Labute approximate surface area is 89.5 Å². The molecule has 0 radical (unpaired) electrons. The summed E-state index contributed by atoms with van der Waals surface area (Å²) in [6.45, 7) is 2.70. The maximum Gasteiger partial charge on any atom is 0.339 e. The van der Waals surface area contributed by atoms with Crippen molar-refractivity contribution in [3.63, 3.8) is 0 Å². The zero-order valence-corrected chi connectivity index (χ0v) is 9.06. The third-order valence-electron chi connectivity index (χ3n) is 2.31. The highest BCUT2D eigenvalue weighted by Crippen LogP contribution is 2.15. The van der Waals surface area contributed by atoms with Gasteiger partial charge in [0.15, 0.2) is 0 Å². The molecule has 4 heteroatoms. The average molecular weight is 208 g/mol. The van der Waals surface area contributed by atoms with E-state index in [0.29, 0.717) is 18.0 Å². The Balaban J connectivity index is 2.76. The summed E-state index contributed by atoms with van der Waals surface area (Å²) in [5.74, 6) is -0.0396. The van der Waals surface area contributed by atoms with Gasteiger partial charge in [-0.1, -0.05) is 6.92 Å². The number of nitrogens with zero attached hydrogens (tertiary/aromatic N) is 1. The van der Waals surface area contributed by atoms with Gasteiger partial charge in [-0.25, -0.2) is 4.79 Å². The van der Waals surface area contributed by atoms with Crippen molar-refractivity contribution in [3.8, 4) is 0 Å². The number of esters is 1. The Morgan fingerprint density at radius 2 is 2.33 bits per heavy atom. The predicted molar refractivity (Wildman–Crippen MR) is 57.7 cm³/mol. The highest BCUT2D eigenvalue weighted by molar-refractivity contribution is 5.88. The monoisotopic (exact) mass is 208 g/mol. The molecule has 0 fully saturated rings. The fourth-order valence-corrected chi connectivity index (χ4v) is 1.33. The molecule has 1 unspecified atom stereocenters. The second-order valence-corrected chi connectivity index (χ2v) is 3.44. The summed E-state index contributed by atoms with van der Waals surface area (Å²) in [5.41, 5.74) is 6.89. The molecule has 1 atom stereocenters. The summed E-state index contributed by atoms with van der Waals surface area (Å²) in [6.07, 6.45) is 2.43. The largest absolute Gasteiger partial charge is 0.465 e. The minimum Gasteiger partial charge on any atom is -0.465 e. The summed E-state index contributed by atoms with van der Waals surface area (Å²) in [7, 11) is 1.35. The molecule has 0 saturated carbocycles. The highest BCUT2D eigenvalue weighted by Gasteiger charge is 2.09. The van der Waals surface area contributed by atoms with Gasteiger partial charge in [0.25, 0.3) is 0 Å². The maximum atomic E-state index is 11.1. The molecule has 1 heterocycles. The minimum absolute atomic E-state index is 0.321. The third kappa shape index (κ3) is 3.02. The molecule has 0 spiro atoms. The van der Waals surface area contributed by atoms with E-state index in [-0.39, 0.29) is 5.97 Å². The lowest BCUT2D eigenvalue weighted by Crippen LogP contribution is -2.07. The Bertz CT molecular complexity index is 322. The zero-order valence-electron chi connectivity index (χ0n) is 9.06. The van der Waals surface area contributed by atoms with Crippen molar-refractivity contribution >= 4 is 5.97 Å². The number of aromatic nitrogens is 1. The number of carbonyl (C=O) groups is 1. The van der Waals surface area contributed by atoms with Gasteiger partial charge in [0.05, 0.1) is 12.7 Å². The topological polar surface area (TPSA) is 65.2 Å². The molecule has 1 aromatic rings. The second kappa shape index (κ2) is 5.46. The first-order valence-corrected chi connectivity index (χ1v) is 4.93. The van der Waals surface area contributed by atoms with Crippen molar-refractivity contribution < 1.29 is 9.53 Å². The molecular weight excluding hydrogens is 192 g/mol. The van der Waals surface area contributed by atoms with Crippen LogP contribution in [-0.2, 0) is 4.74 Å². The average Bonchev–Trinajstić information content (AvgIpc) is 2.28. The molecule has 0 amide bonds. The third-order valence-corrected chi connectivity index (χ3v) is 2.31. The van der Waals surface area contributed by atoms with E-state index < -0.39 is 0 Å². The van der Waals surface area contributed by atoms with Crippen LogP contribution in [0.5, 0.6) is 0 Å². The number of hydrogen-bond acceptors (Lipinski definition) is 4. The number of nitrogens with two attached hydrogens (primary N) is 1. The summed E-state index contributed by atoms with van der Waals surface area (Å²) >= 11 is 0. The number of pyridine rings is 1. The van der Waals surface area contributed by atoms with Gasteiger partial charge in [-0.2, -0.15) is 0 Å². The van der Waals surface area contributed by atoms with Crippen molar-refractivity contribution in [3.05, 3.63) is 29.6 Å². The van der Waals surface area contributed by atoms with Gasteiger partial charge < -0.3 is 10.5 Å². The SMILES string of the molecule is COC(=O)c1ccc(C(C)CCN)nc1. The minimum atomic E-state index is -0.361. The molecule has 0 aliphatic heterocycles. The van der Waals surface area contributed by atoms with Crippen LogP contribution in [0.25, 0.3) is 0 Å². The van der Waals surface area contributed by atoms with E-state index >= 15 is 0 Å². The van der Waals surface area contributed by atoms with Crippen molar-refractivity contribution in [2.75, 3.05) is 13.7 Å². The van der Waals surface area contributed by atoms with Crippen LogP contribution in [0.4, 0.5) is 0 Å². The van der Waals surface area contributed by atoms with Crippen LogP contribution < -0.4 is 5.73 Å². The quantitative estimate of drug-likeness (QED) is 0.758. The lowest BCUT2D eigenvalue weighted by atomic mass is 10.0. The molecule has 1 rings (SSSR count). The highest BCUT2D eigenvalue weighted by atomic mass is 16.5. The van der Waals surface area contributed by atoms with Gasteiger partial charge in [0.2, 0.25) is 0 Å². The predicted octanol–water partition coefficient (Wildman–Crippen LogP) is 1.32. The fourth-order valence-electron chi connectivity index (χ4n) is 1.33. The van der Waals surface area contributed by atoms with Crippen molar-refractivity contribution in [2.45, 2.75) is 19.3 Å². The van der Waals surface area contributed by atoms with E-state index in [9.17, 15) is 4.79 Å². The molecule has 0 aromatic carbocycles. The summed E-state index contributed by atoms with van der Waals surface area (Å²) in [5, 5.41) is 0. The first-order chi connectivity index (χ1) is 7.19. The van der Waals surface area contributed by atoms with Gasteiger partial charge in [-0.15, -0.1) is 0 Å². The number of hydrogen-bond donors (Lipinski definition) is 1. The van der Waals surface area contributed by atoms with Crippen molar-refractivity contribution in [1.82, 2.24) is 4.98 Å². The summed E-state index contributed by atoms with van der Waals surface area (Å²) < 4.78 is 4.59. The van der Waals surface area contributed by atoms with Gasteiger partial charge in [-0.3, -0.25) is 4.98 Å². The first-order valence-electron chi connectivity index (χ1n) is 4.93. The van der Waals surface area contributed by atoms with Crippen LogP contribution in [-0.4, -0.2) is 24.6 Å². The van der Waals surface area contributed by atoms with E-state index in [1.165, 1.54) is 13.3 Å². The van der Waals surface area contributed by atoms with Crippen LogP contribution >= 0.6 is 0 Å². The van der Waals surface area contributed by atoms with Crippen molar-refractivity contribution in [1.29, 1.82) is 0 Å². The Kier molecular flexibility index (Phi) is 4.24. The van der Waals surface area contributed by atoms with E-state index in [1.807, 2.05) is 6.07 Å². The number of methoxy groups -OCH3 is 1. The maximum absolute atomic E-state index is 11.1. The number of ether oxygens (including phenoxy) is 1. The van der Waals surface area contributed by atoms with Gasteiger partial charge in [0.1, 0.15) is 0 Å². The standard InChI is InChI=1S/C11H16N2O2/c1-8(5-6-12)10-4-3-9(7-13-10)11(14)15-2/h3-4,7-8H,5-6,12H2,1-2H3. The first kappa shape index (κ1) is 11.7. The van der Waals surface area contributed by atoms with E-state index in [1.54, 1.807) is 6.07 Å². The van der Waals surface area contributed by atoms with Gasteiger partial charge >= 0.3 is 5.97 Å². The Hall–Kier alpha value is -1.42. The Morgan fingerprint density at radius 1 is 1.60 bits per heavy atom. The number of rotatable bonds is 4. The molecule has 15 heavy (non-hydrogen) atoms. The van der Waals surface area contributed by atoms with Crippen LogP contribution in [0.2, 0.25) is 0 Å². The van der Waals surface area contributed by atoms with Crippen molar-refractivity contribution in [2.24, 2.45) is 5.73 Å². The van der Waals surface area contributed by atoms with Gasteiger partial charge in [0, 0.05) is 11.9 Å². The molecule has 1 aromatic heterocycles. The summed E-state index contributed by atoms with van der Waals surface area (Å²) in [6, 6.07) is 3.56. The molecule has 0 saturated heterocycles. The molecule has 4 nitrogen and oxygen atoms in total. The van der Waals surface area contributed by atoms with Crippen LogP contribution in [0.15, 0.2) is 18.3 Å². The van der Waals surface area contributed by atoms with Crippen LogP contribution in [0, 0.1) is 0 Å². The molecule has 82 valence electrons. The lowest BCUT2D eigenvalue weighted by molar-refractivity contribution is 0.0600. The van der Waals surface area contributed by atoms with Gasteiger partial charge in [-0.05, 0) is 31.0 Å². The van der Waals surface area contributed by atoms with Crippen LogP contribution in [0.3, 0.4) is 0 Å². The molecule has 2 N–H and O–H groups in total. The van der Waals surface area contributed by atoms with E-state index in [2.05, 4.69) is 16.6 Å². The lowest BCUT2D eigenvalue weighted by Gasteiger charge is -2.09. The fraction of sp³-hybridized carbons (Fsp3) is 0.455. The smallest absolute Gasteiger partial charge is 0.339 e. The summed E-state index contributed by atoms with van der Waals surface area (Å²) in [4.78, 5) is 15.3. The zero-order chi connectivity index (χ0) is 11.3.